The van der Waals surface area contributed by atoms with Gasteiger partial charge >= 0.3 is 23.9 Å². The molecule has 0 aromatic carbocycles. The Kier molecular flexibility index (Phi) is 52.6. The highest BCUT2D eigenvalue weighted by Gasteiger charge is 2.66. The fraction of sp³-hybridized carbons (Fsp3) is 0.969. The van der Waals surface area contributed by atoms with Crippen LogP contribution in [0.4, 0.5) is 0 Å². The van der Waals surface area contributed by atoms with Crippen LogP contribution in [0.15, 0.2) is 0 Å². The first-order valence-corrected chi connectivity index (χ1v) is 55.0. The van der Waals surface area contributed by atoms with Crippen LogP contribution < -0.4 is 0 Å². The van der Waals surface area contributed by atoms with E-state index >= 15 is 0 Å². The molecular weight excluding hydrogens is 1720 g/mol. The van der Waals surface area contributed by atoms with Gasteiger partial charge in [0.05, 0.1) is 33.4 Å². The highest BCUT2D eigenvalue weighted by atomic mass is 16.6. The average Bonchev–Trinajstić information content (AvgIpc) is 0.696. The van der Waals surface area contributed by atoms with Gasteiger partial charge in [-0.25, -0.2) is 0 Å². The molecule has 0 aromatic rings. The lowest BCUT2D eigenvalue weighted by Gasteiger charge is -2.62. The SMILES string of the molecule is C.C.C.C.C.C.C.C.C.C.C.C.CCC(C)(C)C(=O)OC(C)(C)C12CC3CC(CC(C3)C1)C2.CCC(C)(C)C(=O)OC1(C)C2CC3CC(C2)CC1C3.CCC(C)(C)C(O)OC(C(C)C)C1CC2CCCC(C2)C1.CCC(C)(C)C(O)OC1(CC)C2CC3CC(C2)CC1C3.CCCCC(C)(OC(=O)C(C)(C)CC)C12CC3CC(CC(C3)C1)C2.CCCCC1(OC(=O)C(C)(C)CC)C2CC3CC(C2)CC1C3. The summed E-state index contributed by atoms with van der Waals surface area (Å²) in [5.41, 5.74) is -2.08. The average molecular weight is 1970 g/mol. The summed E-state index contributed by atoms with van der Waals surface area (Å²) in [6, 6.07) is 0. The van der Waals surface area contributed by atoms with Crippen LogP contribution in [0.25, 0.3) is 0 Å². The standard InChI is InChI=1S/C22H38O2.C20H34O2.C19H32O2.C19H36O2.C18H32O2.C17H28O2.12CH4/c1-6-8-9-21(5,24-19(23)20(3,4)7-2)22-13-16-10-17(14-22)12-18(11-16)15-22;1-5-7-8-20(22-18(21)19(3,4)6-2)16-10-14-9-15(12-16)13-17(20)11-14;1-6-17(2,3)16(20)21-18(4,5)19-10-13-7-14(11-19)9-15(8-13)12-19;1-6-19(4,5)18(20)21-17(13(2)3)16-11-14-8-7-9-15(10-14)12-16;1-5-17(3,4)16(19)20-18(6-2)14-8-12-7-13(10-14)11-15(18)9-12;1-5-16(2,3)15(18)19-17(4)13-7-11-6-12(9-13)10-14(17)8-11;;;;;;;;;;;;/h16-18H,6-15H2,1-5H3;14-17H,5-13H2,1-4H3;13-15H,6-12H2,1-5H3;13-18,20H,6-12H2,1-5H3;12-16,19H,5-11H2,1-4H3;11-14H,5-10H2,1-4H3;12*1H4. The van der Waals surface area contributed by atoms with Crippen molar-refractivity contribution < 1.29 is 57.8 Å². The van der Waals surface area contributed by atoms with Crippen LogP contribution >= 0.6 is 0 Å². The van der Waals surface area contributed by atoms with E-state index in [1.807, 2.05) is 55.4 Å². The van der Waals surface area contributed by atoms with Crippen molar-refractivity contribution in [3.8, 4) is 0 Å². The number of ether oxygens (including phenoxy) is 6. The van der Waals surface area contributed by atoms with Crippen molar-refractivity contribution >= 4 is 23.9 Å². The van der Waals surface area contributed by atoms with Gasteiger partial charge in [0.2, 0.25) is 0 Å². The first-order valence-electron chi connectivity index (χ1n) is 55.0. The number of aliphatic hydroxyl groups excluding tert-OH is 2. The molecule has 828 valence electrons. The van der Waals surface area contributed by atoms with E-state index in [-0.39, 0.29) is 190 Å². The minimum atomic E-state index is -0.642. The molecule has 22 aliphatic rings. The third-order valence-electron chi connectivity index (χ3n) is 41.8. The van der Waals surface area contributed by atoms with Gasteiger partial charge in [-0.05, 0) is 477 Å². The maximum Gasteiger partial charge on any atom is 0.312 e. The van der Waals surface area contributed by atoms with Gasteiger partial charge in [0, 0.05) is 21.7 Å². The first kappa shape index (κ1) is 137. The second-order valence-corrected chi connectivity index (χ2v) is 53.7. The van der Waals surface area contributed by atoms with Gasteiger partial charge in [0.1, 0.15) is 22.4 Å². The van der Waals surface area contributed by atoms with Gasteiger partial charge in [-0.2, -0.15) is 0 Å². The second-order valence-electron chi connectivity index (χ2n) is 53.7. The van der Waals surface area contributed by atoms with Crippen molar-refractivity contribution in [2.24, 2.45) is 174 Å². The van der Waals surface area contributed by atoms with E-state index < -0.39 is 12.6 Å². The zero-order chi connectivity index (χ0) is 93.0. The summed E-state index contributed by atoms with van der Waals surface area (Å²) < 4.78 is 37.8. The molecule has 12 nitrogen and oxygen atoms in total. The molecule has 0 heterocycles. The van der Waals surface area contributed by atoms with Crippen molar-refractivity contribution in [2.45, 2.75) is 618 Å². The van der Waals surface area contributed by atoms with E-state index in [0.29, 0.717) is 47.3 Å². The molecule has 0 aromatic heterocycles. The Bertz CT molecular complexity index is 3420. The third-order valence-corrected chi connectivity index (χ3v) is 41.8. The van der Waals surface area contributed by atoms with Gasteiger partial charge in [-0.15, -0.1) is 0 Å². The lowest BCUT2D eigenvalue weighted by atomic mass is 9.45. The lowest BCUT2D eigenvalue weighted by molar-refractivity contribution is -0.296. The quantitative estimate of drug-likeness (QED) is 0.0384. The van der Waals surface area contributed by atoms with Gasteiger partial charge in [-0.1, -0.05) is 225 Å². The molecule has 22 fully saturated rings. The van der Waals surface area contributed by atoms with Crippen LogP contribution in [0.5, 0.6) is 0 Å². The molecule has 12 heteroatoms. The van der Waals surface area contributed by atoms with Crippen molar-refractivity contribution in [1.82, 2.24) is 0 Å². The fourth-order valence-electron chi connectivity index (χ4n) is 31.7. The number of hydrogen-bond acceptors (Lipinski definition) is 12. The molecule has 6 unspecified atom stereocenters. The summed E-state index contributed by atoms with van der Waals surface area (Å²) in [7, 11) is 0. The smallest absolute Gasteiger partial charge is 0.312 e. The van der Waals surface area contributed by atoms with Crippen LogP contribution in [-0.2, 0) is 47.6 Å². The van der Waals surface area contributed by atoms with E-state index in [1.165, 1.54) is 231 Å². The summed E-state index contributed by atoms with van der Waals surface area (Å²) in [6.07, 6.45) is 57.1. The predicted octanol–water partition coefficient (Wildman–Crippen LogP) is 37.6. The topological polar surface area (TPSA) is 164 Å². The number of fused-ring (bicyclic) bond motifs is 2. The molecule has 22 rings (SSSR count). The predicted molar refractivity (Wildman–Crippen MR) is 599 cm³/mol. The summed E-state index contributed by atoms with van der Waals surface area (Å²) in [5.74, 6) is 18.0. The Balaban J connectivity index is 0.00000162. The number of carbonyl (C=O) groups excluding carboxylic acids is 4. The highest BCUT2D eigenvalue weighted by molar-refractivity contribution is 5.78. The number of unbranched alkanes of at least 4 members (excludes halogenated alkanes) is 2. The minimum Gasteiger partial charge on any atom is -0.459 e. The number of carbonyl (C=O) groups is 4. The Morgan fingerprint density at radius 3 is 0.950 bits per heavy atom. The number of aliphatic hydroxyl groups is 2. The molecule has 0 radical (unpaired) electrons. The van der Waals surface area contributed by atoms with E-state index in [4.69, 9.17) is 28.4 Å². The zero-order valence-corrected chi connectivity index (χ0v) is 87.4. The number of rotatable bonds is 31. The first-order chi connectivity index (χ1) is 59.4. The molecule has 139 heavy (non-hydrogen) atoms. The Hall–Kier alpha value is -2.28. The summed E-state index contributed by atoms with van der Waals surface area (Å²) in [5, 5.41) is 21.1. The van der Waals surface area contributed by atoms with E-state index in [1.54, 1.807) is 0 Å². The zero-order valence-electron chi connectivity index (χ0n) is 87.4. The Labute approximate surface area is 868 Å². The third kappa shape index (κ3) is 29.3. The lowest BCUT2D eigenvalue weighted by Crippen LogP contribution is -2.60. The van der Waals surface area contributed by atoms with Crippen LogP contribution in [-0.4, -0.2) is 80.8 Å². The second kappa shape index (κ2) is 53.4. The van der Waals surface area contributed by atoms with Crippen molar-refractivity contribution in [3.63, 3.8) is 0 Å². The van der Waals surface area contributed by atoms with Crippen molar-refractivity contribution in [3.05, 3.63) is 0 Å². The minimum absolute atomic E-state index is 0. The molecule has 22 aliphatic carbocycles. The van der Waals surface area contributed by atoms with E-state index in [0.717, 1.165) is 147 Å². The van der Waals surface area contributed by atoms with Crippen LogP contribution in [0.2, 0.25) is 0 Å². The molecule has 22 bridgehead atoms. The van der Waals surface area contributed by atoms with Crippen LogP contribution in [0.3, 0.4) is 0 Å². The molecular formula is C127H248O12. The fourth-order valence-corrected chi connectivity index (χ4v) is 31.7. The van der Waals surface area contributed by atoms with Gasteiger partial charge in [-0.3, -0.25) is 19.2 Å². The van der Waals surface area contributed by atoms with E-state index in [2.05, 4.69) is 132 Å². The highest BCUT2D eigenvalue weighted by Crippen LogP contribution is 2.69. The molecule has 22 saturated carbocycles. The molecule has 0 saturated heterocycles. The van der Waals surface area contributed by atoms with Gasteiger partial charge < -0.3 is 38.6 Å². The van der Waals surface area contributed by atoms with Crippen molar-refractivity contribution in [1.29, 1.82) is 0 Å². The van der Waals surface area contributed by atoms with Crippen LogP contribution in [0.1, 0.15) is 571 Å². The maximum absolute atomic E-state index is 12.9. The normalized spacial score (nSPS) is 36.1. The monoisotopic (exact) mass is 1970 g/mol. The maximum atomic E-state index is 12.9. The molecule has 2 N–H and O–H groups in total. The van der Waals surface area contributed by atoms with Crippen LogP contribution in [0, 0.1) is 174 Å². The Morgan fingerprint density at radius 2 is 0.626 bits per heavy atom. The molecule has 6 atom stereocenters. The van der Waals surface area contributed by atoms with Gasteiger partial charge in [0.25, 0.3) is 0 Å². The summed E-state index contributed by atoms with van der Waals surface area (Å²) in [4.78, 5) is 50.8. The van der Waals surface area contributed by atoms with Crippen molar-refractivity contribution in [2.75, 3.05) is 0 Å². The largest absolute Gasteiger partial charge is 0.459 e. The molecule has 0 amide bonds. The number of esters is 4. The molecule has 0 aliphatic heterocycles. The number of hydrogen-bond donors (Lipinski definition) is 2. The van der Waals surface area contributed by atoms with E-state index in [9.17, 15) is 29.4 Å². The summed E-state index contributed by atoms with van der Waals surface area (Å²) >= 11 is 0. The van der Waals surface area contributed by atoms with Gasteiger partial charge in [0.15, 0.2) is 12.6 Å². The summed E-state index contributed by atoms with van der Waals surface area (Å²) in [6.45, 7) is 57.4. The molecule has 0 spiro atoms. The Morgan fingerprint density at radius 1 is 0.331 bits per heavy atom.